The highest BCUT2D eigenvalue weighted by atomic mass is 16.6. The topological polar surface area (TPSA) is 88.2 Å². The molecule has 1 amide bonds. The van der Waals surface area contributed by atoms with Crippen molar-refractivity contribution in [3.63, 3.8) is 0 Å². The second-order valence-corrected chi connectivity index (χ2v) is 7.16. The van der Waals surface area contributed by atoms with Gasteiger partial charge in [-0.3, -0.25) is 4.90 Å². The van der Waals surface area contributed by atoms with Crippen molar-refractivity contribution in [1.29, 1.82) is 0 Å². The third-order valence-electron chi connectivity index (χ3n) is 4.23. The van der Waals surface area contributed by atoms with E-state index in [1.165, 1.54) is 0 Å². The highest BCUT2D eigenvalue weighted by Gasteiger charge is 2.51. The van der Waals surface area contributed by atoms with Gasteiger partial charge in [0.2, 0.25) is 0 Å². The predicted molar refractivity (Wildman–Crippen MR) is 80.3 cm³/mol. The molecule has 2 rings (SSSR count). The van der Waals surface area contributed by atoms with E-state index >= 15 is 0 Å². The van der Waals surface area contributed by atoms with E-state index in [1.807, 2.05) is 20.8 Å². The lowest BCUT2D eigenvalue weighted by atomic mass is 9.79. The number of carbonyl (C=O) groups excluding carboxylic acids is 1. The molecule has 0 aromatic rings. The normalized spacial score (nSPS) is 22.7. The monoisotopic (exact) mass is 297 g/mol. The van der Waals surface area contributed by atoms with E-state index < -0.39 is 11.1 Å². The number of oxime groups is 1. The highest BCUT2D eigenvalue weighted by molar-refractivity contribution is 5.93. The van der Waals surface area contributed by atoms with E-state index in [0.717, 1.165) is 44.9 Å². The summed E-state index contributed by atoms with van der Waals surface area (Å²) in [5.74, 6) is 0.139. The van der Waals surface area contributed by atoms with Gasteiger partial charge in [0.05, 0.1) is 0 Å². The molecule has 120 valence electrons. The van der Waals surface area contributed by atoms with Crippen LogP contribution in [-0.4, -0.2) is 39.2 Å². The Morgan fingerprint density at radius 2 is 1.86 bits per heavy atom. The zero-order valence-corrected chi connectivity index (χ0v) is 13.3. The molecule has 2 aliphatic rings. The molecular formula is C15H27N3O3. The Morgan fingerprint density at radius 3 is 2.29 bits per heavy atom. The number of hydrogen-bond acceptors (Lipinski definition) is 4. The van der Waals surface area contributed by atoms with Gasteiger partial charge in [-0.15, -0.1) is 0 Å². The summed E-state index contributed by atoms with van der Waals surface area (Å²) in [6.07, 6.45) is 6.10. The van der Waals surface area contributed by atoms with Gasteiger partial charge in [0.25, 0.3) is 0 Å². The van der Waals surface area contributed by atoms with Crippen LogP contribution in [-0.2, 0) is 4.74 Å². The summed E-state index contributed by atoms with van der Waals surface area (Å²) in [5, 5.41) is 12.4. The summed E-state index contributed by atoms with van der Waals surface area (Å²) < 4.78 is 5.57. The number of nitrogens with two attached hydrogens (primary N) is 1. The Labute approximate surface area is 126 Å². The average Bonchev–Trinajstić information content (AvgIpc) is 3.21. The van der Waals surface area contributed by atoms with Crippen LogP contribution in [0.3, 0.4) is 0 Å². The van der Waals surface area contributed by atoms with Crippen LogP contribution in [0.2, 0.25) is 0 Å². The van der Waals surface area contributed by atoms with Crippen LogP contribution in [0.15, 0.2) is 5.16 Å². The Kier molecular flexibility index (Phi) is 4.35. The van der Waals surface area contributed by atoms with Crippen molar-refractivity contribution in [2.75, 3.05) is 0 Å². The number of amides is 1. The van der Waals surface area contributed by atoms with Gasteiger partial charge in [-0.05, 0) is 46.5 Å². The molecule has 21 heavy (non-hydrogen) atoms. The molecule has 0 spiro atoms. The van der Waals surface area contributed by atoms with Crippen LogP contribution >= 0.6 is 0 Å². The van der Waals surface area contributed by atoms with Crippen molar-refractivity contribution < 1.29 is 14.7 Å². The number of hydrogen-bond donors (Lipinski definition) is 2. The molecule has 0 bridgehead atoms. The van der Waals surface area contributed by atoms with Crippen LogP contribution < -0.4 is 5.73 Å². The Bertz CT molecular complexity index is 418. The van der Waals surface area contributed by atoms with Gasteiger partial charge in [-0.2, -0.15) is 0 Å². The summed E-state index contributed by atoms with van der Waals surface area (Å²) in [6.45, 7) is 5.56. The van der Waals surface area contributed by atoms with Gasteiger partial charge >= 0.3 is 6.09 Å². The summed E-state index contributed by atoms with van der Waals surface area (Å²) in [4.78, 5) is 14.4. The predicted octanol–water partition coefficient (Wildman–Crippen LogP) is 2.84. The Balaban J connectivity index is 2.31. The Morgan fingerprint density at radius 1 is 1.29 bits per heavy atom. The maximum atomic E-state index is 12.7. The minimum atomic E-state index is -0.684. The first kappa shape index (κ1) is 15.9. The summed E-state index contributed by atoms with van der Waals surface area (Å²) in [7, 11) is 0. The lowest BCUT2D eigenvalue weighted by molar-refractivity contribution is -0.000973. The van der Waals surface area contributed by atoms with Gasteiger partial charge in [0.15, 0.2) is 5.84 Å². The third-order valence-corrected chi connectivity index (χ3v) is 4.23. The minimum Gasteiger partial charge on any atom is -0.444 e. The molecule has 0 radical (unpaired) electrons. The Hall–Kier alpha value is -1.46. The van der Waals surface area contributed by atoms with Gasteiger partial charge < -0.3 is 15.7 Å². The molecule has 0 atom stereocenters. The number of nitrogens with zero attached hydrogens (tertiary/aromatic N) is 2. The van der Waals surface area contributed by atoms with Crippen LogP contribution in [0.5, 0.6) is 0 Å². The first-order chi connectivity index (χ1) is 9.80. The molecule has 2 aliphatic carbocycles. The fraction of sp³-hybridized carbons (Fsp3) is 0.867. The minimum absolute atomic E-state index is 0.139. The van der Waals surface area contributed by atoms with Gasteiger partial charge in [0, 0.05) is 6.04 Å². The average molecular weight is 297 g/mol. The first-order valence-electron chi connectivity index (χ1n) is 7.80. The van der Waals surface area contributed by atoms with Gasteiger partial charge in [-0.1, -0.05) is 24.4 Å². The molecule has 0 aliphatic heterocycles. The summed E-state index contributed by atoms with van der Waals surface area (Å²) in [5.41, 5.74) is 4.77. The van der Waals surface area contributed by atoms with Crippen LogP contribution in [0, 0.1) is 0 Å². The molecule has 6 nitrogen and oxygen atoms in total. The zero-order valence-electron chi connectivity index (χ0n) is 13.3. The van der Waals surface area contributed by atoms with Crippen molar-refractivity contribution >= 4 is 11.9 Å². The number of ether oxygens (including phenoxy) is 1. The van der Waals surface area contributed by atoms with Crippen molar-refractivity contribution in [2.45, 2.75) is 82.9 Å². The summed E-state index contributed by atoms with van der Waals surface area (Å²) >= 11 is 0. The molecule has 2 saturated carbocycles. The fourth-order valence-corrected chi connectivity index (χ4v) is 3.17. The van der Waals surface area contributed by atoms with Crippen molar-refractivity contribution in [3.8, 4) is 0 Å². The highest BCUT2D eigenvalue weighted by Crippen LogP contribution is 2.42. The number of carbonyl (C=O) groups is 1. The largest absolute Gasteiger partial charge is 0.444 e. The van der Waals surface area contributed by atoms with Crippen LogP contribution in [0.4, 0.5) is 4.79 Å². The van der Waals surface area contributed by atoms with Crippen molar-refractivity contribution in [1.82, 2.24) is 4.90 Å². The maximum absolute atomic E-state index is 12.7. The smallest absolute Gasteiger partial charge is 0.411 e. The molecule has 0 saturated heterocycles. The van der Waals surface area contributed by atoms with E-state index in [2.05, 4.69) is 5.16 Å². The molecule has 2 fully saturated rings. The number of amidine groups is 1. The quantitative estimate of drug-likeness (QED) is 0.363. The lowest BCUT2D eigenvalue weighted by Gasteiger charge is -2.45. The van der Waals surface area contributed by atoms with E-state index in [0.29, 0.717) is 0 Å². The van der Waals surface area contributed by atoms with Gasteiger partial charge in [0.1, 0.15) is 11.1 Å². The van der Waals surface area contributed by atoms with Crippen LogP contribution in [0.1, 0.15) is 65.7 Å². The van der Waals surface area contributed by atoms with Crippen LogP contribution in [0.25, 0.3) is 0 Å². The van der Waals surface area contributed by atoms with Crippen molar-refractivity contribution in [3.05, 3.63) is 0 Å². The standard InChI is InChI=1S/C15H27N3O3/c1-14(2,3)21-13(19)18(11-7-8-11)15(12(16)17-20)9-5-4-6-10-15/h11,20H,4-10H2,1-3H3,(H2,16,17). The maximum Gasteiger partial charge on any atom is 0.411 e. The molecule has 3 N–H and O–H groups in total. The van der Waals surface area contributed by atoms with E-state index in [1.54, 1.807) is 4.90 Å². The first-order valence-corrected chi connectivity index (χ1v) is 7.80. The molecule has 0 unspecified atom stereocenters. The third kappa shape index (κ3) is 3.41. The van der Waals surface area contributed by atoms with Gasteiger partial charge in [-0.25, -0.2) is 4.79 Å². The molecule has 0 heterocycles. The van der Waals surface area contributed by atoms with Crippen molar-refractivity contribution in [2.24, 2.45) is 10.9 Å². The second kappa shape index (κ2) is 5.73. The van der Waals surface area contributed by atoms with E-state index in [4.69, 9.17) is 10.5 Å². The van der Waals surface area contributed by atoms with E-state index in [-0.39, 0.29) is 18.0 Å². The lowest BCUT2D eigenvalue weighted by Crippen LogP contribution is -2.62. The SMILES string of the molecule is CC(C)(C)OC(=O)N(C1CC1)C1(C(N)=NO)CCCCC1. The van der Waals surface area contributed by atoms with E-state index in [9.17, 15) is 10.0 Å². The molecule has 0 aromatic carbocycles. The fourth-order valence-electron chi connectivity index (χ4n) is 3.17. The zero-order chi connectivity index (χ0) is 15.7. The molecular weight excluding hydrogens is 270 g/mol. The summed E-state index contributed by atoms with van der Waals surface area (Å²) in [6, 6.07) is 0.151. The molecule has 0 aromatic heterocycles. The second-order valence-electron chi connectivity index (χ2n) is 7.16. The number of rotatable bonds is 3. The molecule has 6 heteroatoms.